The molecular formula is C16H14N2O6. The molecular weight excluding hydrogens is 316 g/mol. The molecule has 8 heteroatoms. The second kappa shape index (κ2) is 6.15. The Labute approximate surface area is 136 Å². The number of amides is 1. The monoisotopic (exact) mass is 330 g/mol. The number of carbonyl (C=O) groups is 2. The Balaban J connectivity index is 1.82. The molecule has 124 valence electrons. The van der Waals surface area contributed by atoms with Gasteiger partial charge >= 0.3 is 5.97 Å². The van der Waals surface area contributed by atoms with Crippen molar-refractivity contribution in [2.75, 3.05) is 0 Å². The molecule has 0 radical (unpaired) electrons. The molecule has 1 aromatic heterocycles. The van der Waals surface area contributed by atoms with Crippen molar-refractivity contribution in [1.29, 1.82) is 0 Å². The van der Waals surface area contributed by atoms with Gasteiger partial charge in [0, 0.05) is 24.7 Å². The van der Waals surface area contributed by atoms with Crippen LogP contribution >= 0.6 is 0 Å². The van der Waals surface area contributed by atoms with E-state index in [2.05, 4.69) is 0 Å². The number of benzene rings is 1. The minimum absolute atomic E-state index is 0.0372. The Morgan fingerprint density at radius 1 is 1.25 bits per heavy atom. The van der Waals surface area contributed by atoms with Crippen molar-refractivity contribution >= 4 is 17.6 Å². The van der Waals surface area contributed by atoms with Crippen LogP contribution in [0.3, 0.4) is 0 Å². The van der Waals surface area contributed by atoms with Crippen molar-refractivity contribution < 1.29 is 24.0 Å². The molecule has 1 aliphatic rings. The number of carboxylic acids is 1. The van der Waals surface area contributed by atoms with E-state index in [9.17, 15) is 19.7 Å². The van der Waals surface area contributed by atoms with Gasteiger partial charge in [-0.15, -0.1) is 0 Å². The molecule has 0 bridgehead atoms. The normalized spacial score (nSPS) is 13.5. The SMILES string of the molecule is O=C(O)c1ccc(C(=O)N(Cc2cccc([N+](=O)[O-])c2)C2CC2)o1. The summed E-state index contributed by atoms with van der Waals surface area (Å²) in [5.74, 6) is -2.02. The maximum absolute atomic E-state index is 12.6. The molecule has 1 heterocycles. The van der Waals surface area contributed by atoms with Crippen LogP contribution in [0.25, 0.3) is 0 Å². The highest BCUT2D eigenvalue weighted by molar-refractivity contribution is 5.93. The number of aromatic carboxylic acids is 1. The summed E-state index contributed by atoms with van der Waals surface area (Å²) >= 11 is 0. The predicted octanol–water partition coefficient (Wildman–Crippen LogP) is 2.69. The molecule has 0 saturated heterocycles. The van der Waals surface area contributed by atoms with Gasteiger partial charge < -0.3 is 14.4 Å². The van der Waals surface area contributed by atoms with Crippen molar-refractivity contribution in [2.45, 2.75) is 25.4 Å². The molecule has 0 aliphatic heterocycles. The zero-order valence-corrected chi connectivity index (χ0v) is 12.5. The molecule has 1 aromatic carbocycles. The van der Waals surface area contributed by atoms with E-state index in [1.165, 1.54) is 24.3 Å². The summed E-state index contributed by atoms with van der Waals surface area (Å²) in [6.07, 6.45) is 1.68. The van der Waals surface area contributed by atoms with Crippen molar-refractivity contribution in [3.05, 3.63) is 63.6 Å². The lowest BCUT2D eigenvalue weighted by molar-refractivity contribution is -0.384. The van der Waals surface area contributed by atoms with E-state index in [1.54, 1.807) is 17.0 Å². The number of rotatable bonds is 6. The maximum Gasteiger partial charge on any atom is 0.371 e. The third-order valence-electron chi connectivity index (χ3n) is 3.75. The van der Waals surface area contributed by atoms with E-state index >= 15 is 0 Å². The number of nitro benzene ring substituents is 1. The maximum atomic E-state index is 12.6. The van der Waals surface area contributed by atoms with Crippen LogP contribution in [0.4, 0.5) is 5.69 Å². The summed E-state index contributed by atoms with van der Waals surface area (Å²) in [6, 6.07) is 8.68. The molecule has 2 aromatic rings. The number of carbonyl (C=O) groups excluding carboxylic acids is 1. The van der Waals surface area contributed by atoms with E-state index < -0.39 is 16.8 Å². The van der Waals surface area contributed by atoms with Crippen LogP contribution in [0.1, 0.15) is 39.5 Å². The number of hydrogen-bond acceptors (Lipinski definition) is 5. The average Bonchev–Trinajstić information content (AvgIpc) is 3.27. The third kappa shape index (κ3) is 3.27. The fourth-order valence-electron chi connectivity index (χ4n) is 2.43. The van der Waals surface area contributed by atoms with Gasteiger partial charge in [-0.2, -0.15) is 0 Å². The molecule has 0 unspecified atom stereocenters. The summed E-state index contributed by atoms with van der Waals surface area (Å²) in [7, 11) is 0. The molecule has 3 rings (SSSR count). The first-order chi connectivity index (χ1) is 11.5. The highest BCUT2D eigenvalue weighted by Gasteiger charge is 2.34. The van der Waals surface area contributed by atoms with Crippen LogP contribution in [0.5, 0.6) is 0 Å². The minimum Gasteiger partial charge on any atom is -0.475 e. The number of nitrogens with zero attached hydrogens (tertiary/aromatic N) is 2. The second-order valence-electron chi connectivity index (χ2n) is 5.56. The number of furan rings is 1. The lowest BCUT2D eigenvalue weighted by Gasteiger charge is -2.21. The molecule has 1 N–H and O–H groups in total. The van der Waals surface area contributed by atoms with Gasteiger partial charge in [0.1, 0.15) is 0 Å². The van der Waals surface area contributed by atoms with Crippen LogP contribution in [-0.2, 0) is 6.54 Å². The zero-order chi connectivity index (χ0) is 17.3. The minimum atomic E-state index is -1.24. The van der Waals surface area contributed by atoms with Gasteiger partial charge in [0.05, 0.1) is 4.92 Å². The largest absolute Gasteiger partial charge is 0.475 e. The van der Waals surface area contributed by atoms with Gasteiger partial charge in [0.15, 0.2) is 5.76 Å². The first kappa shape index (κ1) is 15.7. The summed E-state index contributed by atoms with van der Waals surface area (Å²) in [6.45, 7) is 0.203. The average molecular weight is 330 g/mol. The first-order valence-corrected chi connectivity index (χ1v) is 7.33. The Hall–Kier alpha value is -3.16. The molecule has 8 nitrogen and oxygen atoms in total. The Morgan fingerprint density at radius 3 is 2.54 bits per heavy atom. The Kier molecular flexibility index (Phi) is 4.03. The van der Waals surface area contributed by atoms with Gasteiger partial charge in [0.2, 0.25) is 5.76 Å². The lowest BCUT2D eigenvalue weighted by atomic mass is 10.2. The summed E-state index contributed by atoms with van der Waals surface area (Å²) in [4.78, 5) is 35.4. The van der Waals surface area contributed by atoms with E-state index in [-0.39, 0.29) is 29.8 Å². The topological polar surface area (TPSA) is 114 Å². The number of nitro groups is 1. The van der Waals surface area contributed by atoms with E-state index in [0.717, 1.165) is 12.8 Å². The van der Waals surface area contributed by atoms with Crippen LogP contribution in [0, 0.1) is 10.1 Å². The lowest BCUT2D eigenvalue weighted by Crippen LogP contribution is -2.32. The van der Waals surface area contributed by atoms with Crippen LogP contribution in [0.2, 0.25) is 0 Å². The molecule has 0 spiro atoms. The van der Waals surface area contributed by atoms with E-state index in [4.69, 9.17) is 9.52 Å². The fraction of sp³-hybridized carbons (Fsp3) is 0.250. The van der Waals surface area contributed by atoms with Crippen molar-refractivity contribution in [1.82, 2.24) is 4.90 Å². The van der Waals surface area contributed by atoms with Crippen LogP contribution < -0.4 is 0 Å². The predicted molar refractivity (Wildman–Crippen MR) is 81.7 cm³/mol. The number of non-ortho nitro benzene ring substituents is 1. The van der Waals surface area contributed by atoms with Crippen molar-refractivity contribution in [2.24, 2.45) is 0 Å². The number of carboxylic acid groups (broad SMARTS) is 1. The molecule has 24 heavy (non-hydrogen) atoms. The van der Waals surface area contributed by atoms with Crippen molar-refractivity contribution in [3.8, 4) is 0 Å². The fourth-order valence-corrected chi connectivity index (χ4v) is 2.43. The molecule has 1 aliphatic carbocycles. The first-order valence-electron chi connectivity index (χ1n) is 7.33. The van der Waals surface area contributed by atoms with Gasteiger partial charge in [-0.25, -0.2) is 4.79 Å². The van der Waals surface area contributed by atoms with E-state index in [0.29, 0.717) is 5.56 Å². The van der Waals surface area contributed by atoms with Gasteiger partial charge in [0.25, 0.3) is 11.6 Å². The molecule has 1 amide bonds. The Bertz CT molecular complexity index is 808. The second-order valence-corrected chi connectivity index (χ2v) is 5.56. The highest BCUT2D eigenvalue weighted by atomic mass is 16.6. The van der Waals surface area contributed by atoms with Gasteiger partial charge in [-0.1, -0.05) is 12.1 Å². The molecule has 1 fully saturated rings. The smallest absolute Gasteiger partial charge is 0.371 e. The van der Waals surface area contributed by atoms with Crippen LogP contribution in [0.15, 0.2) is 40.8 Å². The van der Waals surface area contributed by atoms with Crippen LogP contribution in [-0.4, -0.2) is 32.8 Å². The van der Waals surface area contributed by atoms with E-state index in [1.807, 2.05) is 0 Å². The van der Waals surface area contributed by atoms with Gasteiger partial charge in [-0.3, -0.25) is 14.9 Å². The summed E-state index contributed by atoms with van der Waals surface area (Å²) in [5.41, 5.74) is 0.594. The summed E-state index contributed by atoms with van der Waals surface area (Å²) < 4.78 is 5.07. The van der Waals surface area contributed by atoms with Gasteiger partial charge in [-0.05, 0) is 30.5 Å². The quantitative estimate of drug-likeness (QED) is 0.643. The van der Waals surface area contributed by atoms with Crippen molar-refractivity contribution in [3.63, 3.8) is 0 Å². The molecule has 1 saturated carbocycles. The zero-order valence-electron chi connectivity index (χ0n) is 12.5. The standard InChI is InChI=1S/C16H14N2O6/c19-15(13-6-7-14(24-13)16(20)21)17(11-4-5-11)9-10-2-1-3-12(8-10)18(22)23/h1-3,6-8,11H,4-5,9H2,(H,20,21). The molecule has 0 atom stereocenters. The third-order valence-corrected chi connectivity index (χ3v) is 3.75. The number of hydrogen-bond donors (Lipinski definition) is 1. The Morgan fingerprint density at radius 2 is 1.96 bits per heavy atom. The summed E-state index contributed by atoms with van der Waals surface area (Å²) in [5, 5.41) is 19.7. The highest BCUT2D eigenvalue weighted by Crippen LogP contribution is 2.30.